The minimum absolute atomic E-state index is 0.182. The topological polar surface area (TPSA) is 4.93 Å². The van der Waals surface area contributed by atoms with E-state index in [-0.39, 0.29) is 5.82 Å². The van der Waals surface area contributed by atoms with Gasteiger partial charge in [0.25, 0.3) is 0 Å². The minimum Gasteiger partial charge on any atom is -0.344 e. The highest BCUT2D eigenvalue weighted by molar-refractivity contribution is 5.86. The number of hydrogen-bond donors (Lipinski definition) is 0. The van der Waals surface area contributed by atoms with Crippen molar-refractivity contribution in [3.8, 4) is 11.3 Å². The van der Waals surface area contributed by atoms with Gasteiger partial charge in [0.2, 0.25) is 0 Å². The van der Waals surface area contributed by atoms with E-state index in [4.69, 9.17) is 0 Å². The zero-order valence-electron chi connectivity index (χ0n) is 9.52. The molecule has 2 aromatic carbocycles. The number of aryl methyl sites for hydroxylation is 1. The van der Waals surface area contributed by atoms with Crippen molar-refractivity contribution in [2.45, 2.75) is 0 Å². The molecule has 3 aromatic rings. The van der Waals surface area contributed by atoms with Crippen molar-refractivity contribution in [2.24, 2.45) is 7.05 Å². The second-order valence-corrected chi connectivity index (χ2v) is 4.13. The van der Waals surface area contributed by atoms with E-state index >= 15 is 0 Å². The van der Waals surface area contributed by atoms with Crippen LogP contribution in [0.5, 0.6) is 0 Å². The van der Waals surface area contributed by atoms with Crippen LogP contribution in [0.25, 0.3) is 22.2 Å². The van der Waals surface area contributed by atoms with Gasteiger partial charge in [0.05, 0.1) is 5.69 Å². The first-order valence-electron chi connectivity index (χ1n) is 5.57. The summed E-state index contributed by atoms with van der Waals surface area (Å²) in [6, 6.07) is 17.0. The summed E-state index contributed by atoms with van der Waals surface area (Å²) in [6.45, 7) is 0. The number of rotatable bonds is 1. The van der Waals surface area contributed by atoms with Crippen LogP contribution in [0.1, 0.15) is 0 Å². The van der Waals surface area contributed by atoms with E-state index in [1.807, 2.05) is 54.1 Å². The number of benzene rings is 2. The standard InChI is InChI=1S/C15H12FN/c1-17-14-9-5-2-6-11(14)10-15(17)12-7-3-4-8-13(12)16/h2-10H,1H3. The lowest BCUT2D eigenvalue weighted by atomic mass is 10.1. The Kier molecular flexibility index (Phi) is 2.22. The number of hydrogen-bond acceptors (Lipinski definition) is 0. The Labute approximate surface area is 99.1 Å². The third-order valence-electron chi connectivity index (χ3n) is 3.10. The monoisotopic (exact) mass is 225 g/mol. The predicted octanol–water partition coefficient (Wildman–Crippen LogP) is 3.98. The van der Waals surface area contributed by atoms with Crippen LogP contribution in [-0.2, 0) is 7.05 Å². The molecule has 0 saturated heterocycles. The van der Waals surface area contributed by atoms with Crippen LogP contribution in [0.2, 0.25) is 0 Å². The molecule has 0 aliphatic rings. The first kappa shape index (κ1) is 10.1. The summed E-state index contributed by atoms with van der Waals surface area (Å²) in [5.74, 6) is -0.182. The third-order valence-corrected chi connectivity index (χ3v) is 3.10. The number of nitrogens with zero attached hydrogens (tertiary/aromatic N) is 1. The molecule has 84 valence electrons. The van der Waals surface area contributed by atoms with Gasteiger partial charge in [0, 0.05) is 23.5 Å². The van der Waals surface area contributed by atoms with Gasteiger partial charge in [-0.3, -0.25) is 0 Å². The van der Waals surface area contributed by atoms with Gasteiger partial charge in [0.1, 0.15) is 5.82 Å². The highest BCUT2D eigenvalue weighted by Gasteiger charge is 2.10. The SMILES string of the molecule is Cn1c(-c2ccccc2F)cc2ccccc21. The van der Waals surface area contributed by atoms with Crippen molar-refractivity contribution < 1.29 is 4.39 Å². The van der Waals surface area contributed by atoms with E-state index in [1.54, 1.807) is 6.07 Å². The zero-order valence-corrected chi connectivity index (χ0v) is 9.52. The molecule has 17 heavy (non-hydrogen) atoms. The average molecular weight is 225 g/mol. The van der Waals surface area contributed by atoms with Crippen LogP contribution in [0.15, 0.2) is 54.6 Å². The van der Waals surface area contributed by atoms with Crippen LogP contribution < -0.4 is 0 Å². The maximum atomic E-state index is 13.8. The van der Waals surface area contributed by atoms with Crippen molar-refractivity contribution >= 4 is 10.9 Å². The summed E-state index contributed by atoms with van der Waals surface area (Å²) in [6.07, 6.45) is 0. The molecule has 0 fully saturated rings. The van der Waals surface area contributed by atoms with Crippen LogP contribution >= 0.6 is 0 Å². The van der Waals surface area contributed by atoms with Crippen LogP contribution in [-0.4, -0.2) is 4.57 Å². The summed E-state index contributed by atoms with van der Waals surface area (Å²) >= 11 is 0. The molecular formula is C15H12FN. The fourth-order valence-electron chi connectivity index (χ4n) is 2.22. The summed E-state index contributed by atoms with van der Waals surface area (Å²) in [7, 11) is 1.96. The molecule has 0 spiro atoms. The van der Waals surface area contributed by atoms with E-state index in [2.05, 4.69) is 0 Å². The molecule has 1 nitrogen and oxygen atoms in total. The van der Waals surface area contributed by atoms with Crippen molar-refractivity contribution in [1.29, 1.82) is 0 Å². The second kappa shape index (κ2) is 3.74. The van der Waals surface area contributed by atoms with Crippen molar-refractivity contribution in [3.63, 3.8) is 0 Å². The molecule has 0 bridgehead atoms. The molecule has 2 heteroatoms. The minimum atomic E-state index is -0.182. The molecule has 0 amide bonds. The molecule has 3 rings (SSSR count). The fraction of sp³-hybridized carbons (Fsp3) is 0.0667. The zero-order chi connectivity index (χ0) is 11.8. The summed E-state index contributed by atoms with van der Waals surface area (Å²) in [4.78, 5) is 0. The summed E-state index contributed by atoms with van der Waals surface area (Å²) < 4.78 is 15.8. The van der Waals surface area contributed by atoms with Gasteiger partial charge in [-0.25, -0.2) is 4.39 Å². The van der Waals surface area contributed by atoms with Gasteiger partial charge >= 0.3 is 0 Å². The maximum Gasteiger partial charge on any atom is 0.132 e. The first-order valence-corrected chi connectivity index (χ1v) is 5.57. The van der Waals surface area contributed by atoms with Crippen LogP contribution in [0, 0.1) is 5.82 Å². The molecule has 0 saturated carbocycles. The van der Waals surface area contributed by atoms with Gasteiger partial charge in [-0.2, -0.15) is 0 Å². The highest BCUT2D eigenvalue weighted by atomic mass is 19.1. The van der Waals surface area contributed by atoms with Gasteiger partial charge < -0.3 is 4.57 Å². The highest BCUT2D eigenvalue weighted by Crippen LogP contribution is 2.28. The van der Waals surface area contributed by atoms with Gasteiger partial charge in [-0.15, -0.1) is 0 Å². The molecule has 0 atom stereocenters. The predicted molar refractivity (Wildman–Crippen MR) is 68.3 cm³/mol. The lowest BCUT2D eigenvalue weighted by Gasteiger charge is -2.05. The van der Waals surface area contributed by atoms with E-state index < -0.39 is 0 Å². The second-order valence-electron chi connectivity index (χ2n) is 4.13. The molecule has 0 N–H and O–H groups in total. The molecule has 0 aliphatic carbocycles. The van der Waals surface area contributed by atoms with E-state index in [9.17, 15) is 4.39 Å². The molecule has 1 heterocycles. The molecule has 0 aliphatic heterocycles. The molecule has 1 aromatic heterocycles. The number of para-hydroxylation sites is 1. The van der Waals surface area contributed by atoms with Crippen LogP contribution in [0.3, 0.4) is 0 Å². The Morgan fingerprint density at radius 3 is 2.41 bits per heavy atom. The Bertz CT molecular complexity index is 682. The number of fused-ring (bicyclic) bond motifs is 1. The first-order chi connectivity index (χ1) is 8.27. The van der Waals surface area contributed by atoms with Crippen molar-refractivity contribution in [3.05, 3.63) is 60.4 Å². The van der Waals surface area contributed by atoms with E-state index in [1.165, 1.54) is 6.07 Å². The van der Waals surface area contributed by atoms with E-state index in [0.717, 1.165) is 16.6 Å². The largest absolute Gasteiger partial charge is 0.344 e. The Hall–Kier alpha value is -2.09. The Balaban J connectivity index is 2.32. The summed E-state index contributed by atoms with van der Waals surface area (Å²) in [5.41, 5.74) is 2.67. The third kappa shape index (κ3) is 1.53. The lowest BCUT2D eigenvalue weighted by Crippen LogP contribution is -1.92. The van der Waals surface area contributed by atoms with Gasteiger partial charge in [-0.05, 0) is 24.3 Å². The number of aromatic nitrogens is 1. The molecule has 0 unspecified atom stereocenters. The fourth-order valence-corrected chi connectivity index (χ4v) is 2.22. The van der Waals surface area contributed by atoms with Gasteiger partial charge in [0.15, 0.2) is 0 Å². The van der Waals surface area contributed by atoms with Crippen molar-refractivity contribution in [2.75, 3.05) is 0 Å². The summed E-state index contributed by atoms with van der Waals surface area (Å²) in [5, 5.41) is 1.13. The Morgan fingerprint density at radius 2 is 1.65 bits per heavy atom. The molecule has 0 radical (unpaired) electrons. The van der Waals surface area contributed by atoms with E-state index in [0.29, 0.717) is 5.56 Å². The average Bonchev–Trinajstić information content (AvgIpc) is 2.68. The lowest BCUT2D eigenvalue weighted by molar-refractivity contribution is 0.630. The van der Waals surface area contributed by atoms with Crippen LogP contribution in [0.4, 0.5) is 4.39 Å². The maximum absolute atomic E-state index is 13.8. The normalized spacial score (nSPS) is 10.9. The Morgan fingerprint density at radius 1 is 0.941 bits per heavy atom. The quantitative estimate of drug-likeness (QED) is 0.590. The molecular weight excluding hydrogens is 213 g/mol. The number of halogens is 1. The smallest absolute Gasteiger partial charge is 0.132 e. The van der Waals surface area contributed by atoms with Gasteiger partial charge in [-0.1, -0.05) is 30.3 Å². The van der Waals surface area contributed by atoms with Crippen molar-refractivity contribution in [1.82, 2.24) is 4.57 Å².